The summed E-state index contributed by atoms with van der Waals surface area (Å²) in [7, 11) is 0. The molecular weight excluding hydrogens is 426 g/mol. The van der Waals surface area contributed by atoms with Crippen LogP contribution in [0.5, 0.6) is 5.75 Å². The minimum atomic E-state index is -0.517. The van der Waals surface area contributed by atoms with Crippen molar-refractivity contribution < 1.29 is 14.3 Å². The Balaban J connectivity index is 1.52. The fourth-order valence-corrected chi connectivity index (χ4v) is 3.06. The number of hydrogen-bond acceptors (Lipinski definition) is 4. The lowest BCUT2D eigenvalue weighted by atomic mass is 10.1. The normalized spacial score (nSPS) is 10.7. The van der Waals surface area contributed by atoms with Crippen molar-refractivity contribution in [2.45, 2.75) is 26.9 Å². The SMILES string of the molecule is Cc1ccc(NC(=O)CC(=O)NN=Cc2ccccc2OCc2ccccc2Cl)cc1C. The minimum absolute atomic E-state index is 0.301. The van der Waals surface area contributed by atoms with Crippen molar-refractivity contribution in [3.8, 4) is 5.75 Å². The number of anilines is 1. The summed E-state index contributed by atoms with van der Waals surface area (Å²) in [5.41, 5.74) is 6.76. The van der Waals surface area contributed by atoms with E-state index in [1.807, 2.05) is 62.4 Å². The summed E-state index contributed by atoms with van der Waals surface area (Å²) < 4.78 is 5.86. The molecule has 0 aliphatic carbocycles. The van der Waals surface area contributed by atoms with Crippen LogP contribution in [0.25, 0.3) is 0 Å². The van der Waals surface area contributed by atoms with E-state index in [-0.39, 0.29) is 6.42 Å². The Labute approximate surface area is 192 Å². The quantitative estimate of drug-likeness (QED) is 0.288. The van der Waals surface area contributed by atoms with Crippen LogP contribution in [-0.4, -0.2) is 18.0 Å². The molecular formula is C25H24ClN3O3. The third kappa shape index (κ3) is 6.68. The molecule has 164 valence electrons. The molecule has 3 aromatic carbocycles. The molecule has 0 atom stereocenters. The van der Waals surface area contributed by atoms with E-state index in [1.165, 1.54) is 6.21 Å². The zero-order chi connectivity index (χ0) is 22.9. The first-order chi connectivity index (χ1) is 15.4. The van der Waals surface area contributed by atoms with Crippen LogP contribution in [0.15, 0.2) is 71.8 Å². The zero-order valence-electron chi connectivity index (χ0n) is 17.9. The van der Waals surface area contributed by atoms with Gasteiger partial charge in [-0.1, -0.05) is 48.0 Å². The third-order valence-corrected chi connectivity index (χ3v) is 5.13. The Morgan fingerprint density at radius 3 is 2.50 bits per heavy atom. The Kier molecular flexibility index (Phi) is 8.00. The van der Waals surface area contributed by atoms with Gasteiger partial charge in [-0.2, -0.15) is 5.10 Å². The van der Waals surface area contributed by atoms with Crippen molar-refractivity contribution in [1.82, 2.24) is 5.43 Å². The second-order valence-corrected chi connectivity index (χ2v) is 7.64. The topological polar surface area (TPSA) is 79.8 Å². The summed E-state index contributed by atoms with van der Waals surface area (Å²) in [6.45, 7) is 4.25. The Morgan fingerprint density at radius 2 is 1.72 bits per heavy atom. The van der Waals surface area contributed by atoms with E-state index in [2.05, 4.69) is 15.8 Å². The Bertz CT molecular complexity index is 1140. The van der Waals surface area contributed by atoms with Crippen molar-refractivity contribution >= 4 is 35.3 Å². The molecule has 0 saturated carbocycles. The van der Waals surface area contributed by atoms with Crippen LogP contribution in [0.4, 0.5) is 5.69 Å². The molecule has 3 rings (SSSR count). The van der Waals surface area contributed by atoms with E-state index in [9.17, 15) is 9.59 Å². The third-order valence-electron chi connectivity index (χ3n) is 4.76. The number of amides is 2. The second kappa shape index (κ2) is 11.1. The van der Waals surface area contributed by atoms with Crippen molar-refractivity contribution in [2.75, 3.05) is 5.32 Å². The molecule has 6 nitrogen and oxygen atoms in total. The van der Waals surface area contributed by atoms with Gasteiger partial charge in [0.1, 0.15) is 18.8 Å². The highest BCUT2D eigenvalue weighted by Gasteiger charge is 2.10. The first kappa shape index (κ1) is 23.0. The molecule has 2 amide bonds. The van der Waals surface area contributed by atoms with E-state index >= 15 is 0 Å². The average Bonchev–Trinajstić information content (AvgIpc) is 2.76. The number of aryl methyl sites for hydroxylation is 2. The minimum Gasteiger partial charge on any atom is -0.488 e. The number of para-hydroxylation sites is 1. The molecule has 0 radical (unpaired) electrons. The summed E-state index contributed by atoms with van der Waals surface area (Å²) in [4.78, 5) is 24.2. The number of carbonyl (C=O) groups is 2. The number of benzene rings is 3. The van der Waals surface area contributed by atoms with Gasteiger partial charge in [0.15, 0.2) is 0 Å². The maximum absolute atomic E-state index is 12.1. The van der Waals surface area contributed by atoms with Crippen molar-refractivity contribution in [2.24, 2.45) is 5.10 Å². The average molecular weight is 450 g/mol. The lowest BCUT2D eigenvalue weighted by Gasteiger charge is -2.10. The van der Waals surface area contributed by atoms with Gasteiger partial charge in [-0.3, -0.25) is 9.59 Å². The number of nitrogens with zero attached hydrogens (tertiary/aromatic N) is 1. The molecule has 32 heavy (non-hydrogen) atoms. The van der Waals surface area contributed by atoms with Gasteiger partial charge in [0.25, 0.3) is 0 Å². The van der Waals surface area contributed by atoms with Gasteiger partial charge < -0.3 is 10.1 Å². The molecule has 0 aromatic heterocycles. The molecule has 0 aliphatic heterocycles. The Morgan fingerprint density at radius 1 is 0.969 bits per heavy atom. The second-order valence-electron chi connectivity index (χ2n) is 7.24. The number of nitrogens with one attached hydrogen (secondary N) is 2. The number of hydrazone groups is 1. The van der Waals surface area contributed by atoms with Gasteiger partial charge in [-0.05, 0) is 55.3 Å². The summed E-state index contributed by atoms with van der Waals surface area (Å²) in [5, 5.41) is 7.29. The van der Waals surface area contributed by atoms with Crippen LogP contribution in [0, 0.1) is 13.8 Å². The molecule has 0 spiro atoms. The number of rotatable bonds is 8. The fourth-order valence-electron chi connectivity index (χ4n) is 2.87. The van der Waals surface area contributed by atoms with Crippen molar-refractivity contribution in [3.63, 3.8) is 0 Å². The van der Waals surface area contributed by atoms with Gasteiger partial charge in [-0.15, -0.1) is 0 Å². The molecule has 0 saturated heterocycles. The maximum Gasteiger partial charge on any atom is 0.249 e. The highest BCUT2D eigenvalue weighted by atomic mass is 35.5. The highest BCUT2D eigenvalue weighted by molar-refractivity contribution is 6.31. The fraction of sp³-hybridized carbons (Fsp3) is 0.160. The van der Waals surface area contributed by atoms with Crippen LogP contribution in [0.2, 0.25) is 5.02 Å². The van der Waals surface area contributed by atoms with Gasteiger partial charge in [0.2, 0.25) is 11.8 Å². The van der Waals surface area contributed by atoms with Gasteiger partial charge in [-0.25, -0.2) is 5.43 Å². The summed E-state index contributed by atoms with van der Waals surface area (Å²) in [6, 6.07) is 20.3. The number of ether oxygens (including phenoxy) is 1. The Hall–Kier alpha value is -3.64. The first-order valence-electron chi connectivity index (χ1n) is 10.1. The summed E-state index contributed by atoms with van der Waals surface area (Å²) in [5.74, 6) is -0.334. The molecule has 7 heteroatoms. The molecule has 3 aromatic rings. The lowest BCUT2D eigenvalue weighted by molar-refractivity contribution is -0.126. The molecule has 2 N–H and O–H groups in total. The van der Waals surface area contributed by atoms with Crippen LogP contribution >= 0.6 is 11.6 Å². The van der Waals surface area contributed by atoms with E-state index in [4.69, 9.17) is 16.3 Å². The number of halogens is 1. The first-order valence-corrected chi connectivity index (χ1v) is 10.4. The van der Waals surface area contributed by atoms with Crippen molar-refractivity contribution in [1.29, 1.82) is 0 Å². The van der Waals surface area contributed by atoms with Crippen LogP contribution in [0.1, 0.15) is 28.7 Å². The van der Waals surface area contributed by atoms with Crippen LogP contribution < -0.4 is 15.5 Å². The maximum atomic E-state index is 12.1. The van der Waals surface area contributed by atoms with E-state index in [0.717, 1.165) is 16.7 Å². The van der Waals surface area contributed by atoms with E-state index < -0.39 is 11.8 Å². The number of carbonyl (C=O) groups excluding carboxylic acids is 2. The van der Waals surface area contributed by atoms with Gasteiger partial charge >= 0.3 is 0 Å². The van der Waals surface area contributed by atoms with Crippen LogP contribution in [-0.2, 0) is 16.2 Å². The molecule has 0 fully saturated rings. The van der Waals surface area contributed by atoms with Gasteiger partial charge in [0.05, 0.1) is 6.21 Å². The monoisotopic (exact) mass is 449 g/mol. The van der Waals surface area contributed by atoms with E-state index in [1.54, 1.807) is 18.2 Å². The van der Waals surface area contributed by atoms with Gasteiger partial charge in [0, 0.05) is 21.8 Å². The predicted octanol–water partition coefficient (Wildman–Crippen LogP) is 5.01. The molecule has 0 bridgehead atoms. The highest BCUT2D eigenvalue weighted by Crippen LogP contribution is 2.21. The molecule has 0 aliphatic rings. The number of hydrogen-bond donors (Lipinski definition) is 2. The lowest BCUT2D eigenvalue weighted by Crippen LogP contribution is -2.24. The van der Waals surface area contributed by atoms with Crippen molar-refractivity contribution in [3.05, 3.63) is 94.0 Å². The van der Waals surface area contributed by atoms with Crippen LogP contribution in [0.3, 0.4) is 0 Å². The zero-order valence-corrected chi connectivity index (χ0v) is 18.6. The molecule has 0 heterocycles. The predicted molar refractivity (Wildman–Crippen MR) is 127 cm³/mol. The summed E-state index contributed by atoms with van der Waals surface area (Å²) in [6.07, 6.45) is 1.13. The summed E-state index contributed by atoms with van der Waals surface area (Å²) >= 11 is 6.17. The molecule has 0 unspecified atom stereocenters. The smallest absolute Gasteiger partial charge is 0.249 e. The standard InChI is InChI=1S/C25H24ClN3O3/c1-17-11-12-21(13-18(17)2)28-24(30)14-25(31)29-27-15-19-7-4-6-10-23(19)32-16-20-8-3-5-9-22(20)26/h3-13,15H,14,16H2,1-2H3,(H,28,30)(H,29,31). The largest absolute Gasteiger partial charge is 0.488 e. The van der Waals surface area contributed by atoms with E-state index in [0.29, 0.717) is 28.6 Å².